The molecule has 84 valence electrons. The summed E-state index contributed by atoms with van der Waals surface area (Å²) in [5, 5.41) is 3.61. The molecule has 0 atom stereocenters. The maximum atomic E-state index is 11.5. The van der Waals surface area contributed by atoms with Gasteiger partial charge in [-0.1, -0.05) is 30.0 Å². The molecule has 1 aromatic heterocycles. The molecule has 2 aromatic rings. The summed E-state index contributed by atoms with van der Waals surface area (Å²) in [4.78, 5) is 12.1. The van der Waals surface area contributed by atoms with Crippen LogP contribution in [0.4, 0.5) is 0 Å². The lowest BCUT2D eigenvalue weighted by atomic mass is 10.1. The van der Waals surface area contributed by atoms with Gasteiger partial charge in [0.25, 0.3) is 5.91 Å². The van der Waals surface area contributed by atoms with Gasteiger partial charge in [-0.3, -0.25) is 4.79 Å². The predicted octanol–water partition coefficient (Wildman–Crippen LogP) is 2.92. The molecule has 1 aromatic carbocycles. The van der Waals surface area contributed by atoms with Gasteiger partial charge in [-0.2, -0.15) is 0 Å². The highest BCUT2D eigenvalue weighted by Gasteiger charge is 2.21. The molecule has 0 radical (unpaired) electrons. The lowest BCUT2D eigenvalue weighted by Crippen LogP contribution is -2.17. The van der Waals surface area contributed by atoms with Gasteiger partial charge in [0.15, 0.2) is 0 Å². The summed E-state index contributed by atoms with van der Waals surface area (Å²) in [6.45, 7) is 0. The molecule has 0 spiro atoms. The standard InChI is InChI=1S/C12H7NO2S2/c14-11-10(17-12(16)13-11)6-7-1-2-9-8(5-7)3-4-15-9/h1-6H,(H,13,14,16)/b10-6+. The zero-order chi connectivity index (χ0) is 11.8. The Labute approximate surface area is 107 Å². The summed E-state index contributed by atoms with van der Waals surface area (Å²) in [6.07, 6.45) is 3.47. The van der Waals surface area contributed by atoms with Crippen LogP contribution in [0.3, 0.4) is 0 Å². The number of thiocarbonyl (C=S) groups is 1. The average molecular weight is 261 g/mol. The van der Waals surface area contributed by atoms with Gasteiger partial charge in [-0.15, -0.1) is 0 Å². The number of hydrogen-bond acceptors (Lipinski definition) is 4. The molecule has 2 heterocycles. The van der Waals surface area contributed by atoms with Crippen molar-refractivity contribution in [2.24, 2.45) is 0 Å². The number of benzene rings is 1. The second-order valence-electron chi connectivity index (χ2n) is 3.57. The van der Waals surface area contributed by atoms with Crippen LogP contribution in [0.2, 0.25) is 0 Å². The van der Waals surface area contributed by atoms with E-state index in [1.165, 1.54) is 11.8 Å². The number of amides is 1. The van der Waals surface area contributed by atoms with Gasteiger partial charge in [-0.05, 0) is 29.8 Å². The number of thioether (sulfide) groups is 1. The number of rotatable bonds is 1. The Kier molecular flexibility index (Phi) is 2.49. The quantitative estimate of drug-likeness (QED) is 0.633. The predicted molar refractivity (Wildman–Crippen MR) is 72.5 cm³/mol. The van der Waals surface area contributed by atoms with Gasteiger partial charge in [-0.25, -0.2) is 0 Å². The van der Waals surface area contributed by atoms with Crippen LogP contribution in [0, 0.1) is 0 Å². The number of carbonyl (C=O) groups is 1. The molecule has 1 aliphatic heterocycles. The van der Waals surface area contributed by atoms with Crippen molar-refractivity contribution < 1.29 is 9.21 Å². The zero-order valence-corrected chi connectivity index (χ0v) is 10.2. The van der Waals surface area contributed by atoms with Gasteiger partial charge < -0.3 is 9.73 Å². The van der Waals surface area contributed by atoms with Crippen molar-refractivity contribution in [3.05, 3.63) is 41.0 Å². The molecular formula is C12H7NO2S2. The van der Waals surface area contributed by atoms with Crippen LogP contribution in [0.5, 0.6) is 0 Å². The second kappa shape index (κ2) is 4.01. The normalized spacial score (nSPS) is 18.0. The zero-order valence-electron chi connectivity index (χ0n) is 8.60. The Hall–Kier alpha value is -1.59. The maximum absolute atomic E-state index is 11.5. The van der Waals surface area contributed by atoms with Crippen LogP contribution >= 0.6 is 24.0 Å². The van der Waals surface area contributed by atoms with Crippen molar-refractivity contribution in [1.29, 1.82) is 0 Å². The van der Waals surface area contributed by atoms with E-state index in [1.807, 2.05) is 30.3 Å². The number of carbonyl (C=O) groups excluding carboxylic acids is 1. The van der Waals surface area contributed by atoms with Gasteiger partial charge in [0.05, 0.1) is 11.2 Å². The van der Waals surface area contributed by atoms with Crippen molar-refractivity contribution in [2.45, 2.75) is 0 Å². The van der Waals surface area contributed by atoms with E-state index < -0.39 is 0 Å². The molecule has 1 amide bonds. The fraction of sp³-hybridized carbons (Fsp3) is 0. The van der Waals surface area contributed by atoms with Crippen molar-refractivity contribution >= 4 is 51.3 Å². The highest BCUT2D eigenvalue weighted by molar-refractivity contribution is 8.26. The van der Waals surface area contributed by atoms with E-state index in [-0.39, 0.29) is 5.91 Å². The first-order valence-electron chi connectivity index (χ1n) is 4.94. The van der Waals surface area contributed by atoms with E-state index in [1.54, 1.807) is 6.26 Å². The van der Waals surface area contributed by atoms with E-state index >= 15 is 0 Å². The maximum Gasteiger partial charge on any atom is 0.263 e. The van der Waals surface area contributed by atoms with Gasteiger partial charge in [0, 0.05) is 5.39 Å². The molecule has 3 rings (SSSR count). The van der Waals surface area contributed by atoms with E-state index in [0.29, 0.717) is 9.23 Å². The summed E-state index contributed by atoms with van der Waals surface area (Å²) < 4.78 is 5.76. The molecule has 3 nitrogen and oxygen atoms in total. The Morgan fingerprint density at radius 1 is 1.35 bits per heavy atom. The molecule has 17 heavy (non-hydrogen) atoms. The summed E-state index contributed by atoms with van der Waals surface area (Å²) in [7, 11) is 0. The lowest BCUT2D eigenvalue weighted by Gasteiger charge is -1.95. The topological polar surface area (TPSA) is 42.2 Å². The van der Waals surface area contributed by atoms with Crippen molar-refractivity contribution in [3.8, 4) is 0 Å². The highest BCUT2D eigenvalue weighted by atomic mass is 32.2. The SMILES string of the molecule is O=C1NC(=S)S/C1=C/c1ccc2occc2c1. The van der Waals surface area contributed by atoms with Crippen molar-refractivity contribution in [3.63, 3.8) is 0 Å². The molecule has 1 aliphatic rings. The molecule has 1 saturated heterocycles. The van der Waals surface area contributed by atoms with Crippen LogP contribution in [-0.2, 0) is 4.79 Å². The van der Waals surface area contributed by atoms with Crippen molar-refractivity contribution in [1.82, 2.24) is 5.32 Å². The summed E-state index contributed by atoms with van der Waals surface area (Å²) in [5.74, 6) is -0.132. The van der Waals surface area contributed by atoms with Crippen LogP contribution in [-0.4, -0.2) is 10.2 Å². The Morgan fingerprint density at radius 3 is 3.00 bits per heavy atom. The first kappa shape index (κ1) is 10.6. The molecule has 1 N–H and O–H groups in total. The smallest absolute Gasteiger partial charge is 0.263 e. The monoisotopic (exact) mass is 261 g/mol. The molecule has 1 fully saturated rings. The van der Waals surface area contributed by atoms with Crippen molar-refractivity contribution in [2.75, 3.05) is 0 Å². The summed E-state index contributed by atoms with van der Waals surface area (Å²) in [6, 6.07) is 7.66. The number of fused-ring (bicyclic) bond motifs is 1. The van der Waals surface area contributed by atoms with E-state index in [0.717, 1.165) is 16.5 Å². The third-order valence-electron chi connectivity index (χ3n) is 2.42. The van der Waals surface area contributed by atoms with Crippen LogP contribution < -0.4 is 5.32 Å². The minimum absolute atomic E-state index is 0.132. The largest absolute Gasteiger partial charge is 0.464 e. The third-order valence-corrected chi connectivity index (χ3v) is 3.58. The van der Waals surface area contributed by atoms with Gasteiger partial charge in [0.2, 0.25) is 0 Å². The van der Waals surface area contributed by atoms with Crippen LogP contribution in [0.15, 0.2) is 39.9 Å². The Balaban J connectivity index is 2.01. The van der Waals surface area contributed by atoms with Crippen LogP contribution in [0.25, 0.3) is 17.0 Å². The van der Waals surface area contributed by atoms with E-state index in [2.05, 4.69) is 5.32 Å². The fourth-order valence-electron chi connectivity index (χ4n) is 1.65. The summed E-state index contributed by atoms with van der Waals surface area (Å²) in [5.41, 5.74) is 1.80. The first-order valence-corrected chi connectivity index (χ1v) is 6.17. The first-order chi connectivity index (χ1) is 8.22. The average Bonchev–Trinajstić information content (AvgIpc) is 2.85. The second-order valence-corrected chi connectivity index (χ2v) is 5.29. The number of hydrogen-bond donors (Lipinski definition) is 1. The third kappa shape index (κ3) is 1.99. The minimum Gasteiger partial charge on any atom is -0.464 e. The molecule has 5 heteroatoms. The highest BCUT2D eigenvalue weighted by Crippen LogP contribution is 2.27. The molecule has 0 aliphatic carbocycles. The Morgan fingerprint density at radius 2 is 2.24 bits per heavy atom. The van der Waals surface area contributed by atoms with E-state index in [9.17, 15) is 4.79 Å². The lowest BCUT2D eigenvalue weighted by molar-refractivity contribution is -0.115. The van der Waals surface area contributed by atoms with Gasteiger partial charge in [0.1, 0.15) is 9.90 Å². The molecular weight excluding hydrogens is 254 g/mol. The molecule has 0 bridgehead atoms. The van der Waals surface area contributed by atoms with Gasteiger partial charge >= 0.3 is 0 Å². The number of nitrogens with one attached hydrogen (secondary N) is 1. The fourth-order valence-corrected chi connectivity index (χ4v) is 2.69. The van der Waals surface area contributed by atoms with Crippen LogP contribution in [0.1, 0.15) is 5.56 Å². The molecule has 0 unspecified atom stereocenters. The molecule has 0 saturated carbocycles. The number of furan rings is 1. The minimum atomic E-state index is -0.132. The van der Waals surface area contributed by atoms with E-state index in [4.69, 9.17) is 16.6 Å². The summed E-state index contributed by atoms with van der Waals surface area (Å²) >= 11 is 6.21. The Bertz CT molecular complexity index is 657.